The molecule has 0 bridgehead atoms. The molecule has 32 heavy (non-hydrogen) atoms. The van der Waals surface area contributed by atoms with Crippen molar-refractivity contribution in [3.63, 3.8) is 0 Å². The SMILES string of the molecule is CCCCCCCCCCCCCCCC(=O)Oc1ccc(N=Nc2ccccc2)cc1. The standard InChI is InChI=1S/C28H40N2O2/c1-2-3-4-5-6-7-8-9-10-11-12-13-17-20-28(31)32-27-23-21-26(22-24-27)30-29-25-18-15-14-16-19-25/h14-16,18-19,21-24H,2-13,17,20H2,1H3. The van der Waals surface area contributed by atoms with Gasteiger partial charge in [0.1, 0.15) is 5.75 Å². The van der Waals surface area contributed by atoms with Crippen molar-refractivity contribution in [1.82, 2.24) is 0 Å². The van der Waals surface area contributed by atoms with E-state index in [0.29, 0.717) is 12.2 Å². The average molecular weight is 437 g/mol. The van der Waals surface area contributed by atoms with E-state index in [1.165, 1.54) is 70.6 Å². The van der Waals surface area contributed by atoms with E-state index in [4.69, 9.17) is 4.74 Å². The minimum atomic E-state index is -0.160. The summed E-state index contributed by atoms with van der Waals surface area (Å²) in [6.45, 7) is 2.27. The molecule has 0 unspecified atom stereocenters. The first-order valence-corrected chi connectivity index (χ1v) is 12.6. The zero-order valence-electron chi connectivity index (χ0n) is 19.8. The van der Waals surface area contributed by atoms with Gasteiger partial charge in [0.2, 0.25) is 0 Å². The fourth-order valence-electron chi connectivity index (χ4n) is 3.66. The number of benzene rings is 2. The lowest BCUT2D eigenvalue weighted by Crippen LogP contribution is -2.07. The lowest BCUT2D eigenvalue weighted by atomic mass is 10.0. The maximum absolute atomic E-state index is 12.0. The van der Waals surface area contributed by atoms with Gasteiger partial charge in [-0.15, -0.1) is 0 Å². The highest BCUT2D eigenvalue weighted by Gasteiger charge is 2.05. The molecule has 0 aliphatic heterocycles. The summed E-state index contributed by atoms with van der Waals surface area (Å²) in [5.41, 5.74) is 1.53. The molecule has 0 radical (unpaired) electrons. The van der Waals surface area contributed by atoms with Gasteiger partial charge < -0.3 is 4.74 Å². The normalized spacial score (nSPS) is 11.2. The second kappa shape index (κ2) is 17.1. The number of azo groups is 1. The van der Waals surface area contributed by atoms with E-state index in [2.05, 4.69) is 17.2 Å². The zero-order chi connectivity index (χ0) is 22.7. The third-order valence-corrected chi connectivity index (χ3v) is 5.59. The van der Waals surface area contributed by atoms with Crippen LogP contribution in [0.4, 0.5) is 11.4 Å². The predicted molar refractivity (Wildman–Crippen MR) is 133 cm³/mol. The van der Waals surface area contributed by atoms with Gasteiger partial charge in [-0.2, -0.15) is 10.2 Å². The summed E-state index contributed by atoms with van der Waals surface area (Å²) in [6, 6.07) is 16.7. The van der Waals surface area contributed by atoms with E-state index in [0.717, 1.165) is 24.2 Å². The zero-order valence-corrected chi connectivity index (χ0v) is 19.8. The van der Waals surface area contributed by atoms with Crippen LogP contribution in [0.3, 0.4) is 0 Å². The number of carbonyl (C=O) groups excluding carboxylic acids is 1. The molecule has 0 heterocycles. The van der Waals surface area contributed by atoms with Crippen LogP contribution in [0.25, 0.3) is 0 Å². The monoisotopic (exact) mass is 436 g/mol. The van der Waals surface area contributed by atoms with E-state index in [9.17, 15) is 4.79 Å². The van der Waals surface area contributed by atoms with Crippen LogP contribution in [0.5, 0.6) is 5.75 Å². The van der Waals surface area contributed by atoms with Crippen molar-refractivity contribution >= 4 is 17.3 Å². The molecule has 2 aromatic carbocycles. The Labute approximate surface area is 194 Å². The second-order valence-electron chi connectivity index (χ2n) is 8.50. The van der Waals surface area contributed by atoms with Crippen LogP contribution >= 0.6 is 0 Å². The molecule has 4 heteroatoms. The number of esters is 1. The summed E-state index contributed by atoms with van der Waals surface area (Å²) < 4.78 is 5.43. The Kier molecular flexibility index (Phi) is 13.8. The number of unbranched alkanes of at least 4 members (excludes halogenated alkanes) is 12. The summed E-state index contributed by atoms with van der Waals surface area (Å²) in [4.78, 5) is 12.0. The van der Waals surface area contributed by atoms with E-state index in [1.807, 2.05) is 30.3 Å². The van der Waals surface area contributed by atoms with Crippen molar-refractivity contribution in [1.29, 1.82) is 0 Å². The minimum absolute atomic E-state index is 0.160. The fourth-order valence-corrected chi connectivity index (χ4v) is 3.66. The maximum atomic E-state index is 12.0. The first kappa shape index (κ1) is 25.8. The van der Waals surface area contributed by atoms with E-state index >= 15 is 0 Å². The molecule has 0 atom stereocenters. The largest absolute Gasteiger partial charge is 0.427 e. The minimum Gasteiger partial charge on any atom is -0.427 e. The molecule has 0 aliphatic rings. The molecule has 174 valence electrons. The molecule has 0 fully saturated rings. The van der Waals surface area contributed by atoms with Gasteiger partial charge >= 0.3 is 5.97 Å². The van der Waals surface area contributed by atoms with Crippen LogP contribution in [-0.4, -0.2) is 5.97 Å². The first-order chi connectivity index (χ1) is 15.8. The molecule has 4 nitrogen and oxygen atoms in total. The Hall–Kier alpha value is -2.49. The first-order valence-electron chi connectivity index (χ1n) is 12.6. The van der Waals surface area contributed by atoms with Gasteiger partial charge in [-0.05, 0) is 42.8 Å². The summed E-state index contributed by atoms with van der Waals surface area (Å²) in [6.07, 6.45) is 17.4. The summed E-state index contributed by atoms with van der Waals surface area (Å²) >= 11 is 0. The van der Waals surface area contributed by atoms with Crippen molar-refractivity contribution in [3.8, 4) is 5.75 Å². The Balaban J connectivity index is 1.47. The summed E-state index contributed by atoms with van der Waals surface area (Å²) in [7, 11) is 0. The van der Waals surface area contributed by atoms with Crippen LogP contribution in [0.15, 0.2) is 64.8 Å². The molecule has 2 rings (SSSR count). The Bertz CT molecular complexity index is 757. The molecule has 0 spiro atoms. The van der Waals surface area contributed by atoms with Gasteiger partial charge in [0.15, 0.2) is 0 Å². The number of ether oxygens (including phenoxy) is 1. The molecular formula is C28H40N2O2. The number of nitrogens with zero attached hydrogens (tertiary/aromatic N) is 2. The Morgan fingerprint density at radius 3 is 1.62 bits per heavy atom. The highest BCUT2D eigenvalue weighted by molar-refractivity contribution is 5.72. The van der Waals surface area contributed by atoms with Gasteiger partial charge in [0.25, 0.3) is 0 Å². The quantitative estimate of drug-likeness (QED) is 0.107. The molecule has 0 aromatic heterocycles. The molecule has 0 saturated carbocycles. The Morgan fingerprint density at radius 1 is 0.625 bits per heavy atom. The fraction of sp³-hybridized carbons (Fsp3) is 0.536. The summed E-state index contributed by atoms with van der Waals surface area (Å²) in [5, 5.41) is 8.38. The van der Waals surface area contributed by atoms with Gasteiger partial charge in [-0.3, -0.25) is 4.79 Å². The van der Waals surface area contributed by atoms with Gasteiger partial charge in [-0.25, -0.2) is 0 Å². The number of hydrogen-bond acceptors (Lipinski definition) is 4. The molecule has 0 aliphatic carbocycles. The van der Waals surface area contributed by atoms with E-state index in [-0.39, 0.29) is 5.97 Å². The molecule has 2 aromatic rings. The van der Waals surface area contributed by atoms with Crippen LogP contribution in [0.2, 0.25) is 0 Å². The molecule has 0 amide bonds. The molecule has 0 N–H and O–H groups in total. The number of rotatable bonds is 17. The highest BCUT2D eigenvalue weighted by Crippen LogP contribution is 2.21. The van der Waals surface area contributed by atoms with Crippen LogP contribution in [0, 0.1) is 0 Å². The Morgan fingerprint density at radius 2 is 1.09 bits per heavy atom. The van der Waals surface area contributed by atoms with Crippen molar-refractivity contribution in [2.45, 2.75) is 96.8 Å². The van der Waals surface area contributed by atoms with Crippen LogP contribution < -0.4 is 4.74 Å². The van der Waals surface area contributed by atoms with Crippen LogP contribution in [-0.2, 0) is 4.79 Å². The van der Waals surface area contributed by atoms with Gasteiger partial charge in [0, 0.05) is 6.42 Å². The third-order valence-electron chi connectivity index (χ3n) is 5.59. The third kappa shape index (κ3) is 12.4. The topological polar surface area (TPSA) is 51.0 Å². The maximum Gasteiger partial charge on any atom is 0.311 e. The lowest BCUT2D eigenvalue weighted by Gasteiger charge is -2.05. The van der Waals surface area contributed by atoms with Crippen molar-refractivity contribution in [2.75, 3.05) is 0 Å². The van der Waals surface area contributed by atoms with Crippen molar-refractivity contribution in [2.24, 2.45) is 10.2 Å². The average Bonchev–Trinajstić information content (AvgIpc) is 2.82. The van der Waals surface area contributed by atoms with Crippen LogP contribution in [0.1, 0.15) is 96.8 Å². The van der Waals surface area contributed by atoms with Gasteiger partial charge in [0.05, 0.1) is 11.4 Å². The molecule has 0 saturated heterocycles. The van der Waals surface area contributed by atoms with Crippen molar-refractivity contribution in [3.05, 3.63) is 54.6 Å². The highest BCUT2D eigenvalue weighted by atomic mass is 16.5. The number of carbonyl (C=O) groups is 1. The lowest BCUT2D eigenvalue weighted by molar-refractivity contribution is -0.134. The summed E-state index contributed by atoms with van der Waals surface area (Å²) in [5.74, 6) is 0.398. The van der Waals surface area contributed by atoms with E-state index in [1.54, 1.807) is 24.3 Å². The number of hydrogen-bond donors (Lipinski definition) is 0. The smallest absolute Gasteiger partial charge is 0.311 e. The van der Waals surface area contributed by atoms with Crippen molar-refractivity contribution < 1.29 is 9.53 Å². The second-order valence-corrected chi connectivity index (χ2v) is 8.50. The van der Waals surface area contributed by atoms with Gasteiger partial charge in [-0.1, -0.05) is 102 Å². The van der Waals surface area contributed by atoms with E-state index < -0.39 is 0 Å². The predicted octanol–water partition coefficient (Wildman–Crippen LogP) is 9.49. The molecular weight excluding hydrogens is 396 g/mol.